The van der Waals surface area contributed by atoms with Crippen LogP contribution in [0.25, 0.3) is 10.8 Å². The van der Waals surface area contributed by atoms with E-state index in [1.807, 2.05) is 30.3 Å². The van der Waals surface area contributed by atoms with E-state index < -0.39 is 29.4 Å². The summed E-state index contributed by atoms with van der Waals surface area (Å²) in [5.41, 5.74) is 1.33. The van der Waals surface area contributed by atoms with E-state index in [9.17, 15) is 28.0 Å². The Labute approximate surface area is 279 Å². The van der Waals surface area contributed by atoms with E-state index in [1.165, 1.54) is 28.7 Å². The molecule has 0 amide bonds. The van der Waals surface area contributed by atoms with Gasteiger partial charge in [0.2, 0.25) is 5.95 Å². The van der Waals surface area contributed by atoms with Crippen LogP contribution >= 0.6 is 0 Å². The Balaban J connectivity index is 1.44. The van der Waals surface area contributed by atoms with Crippen molar-refractivity contribution in [2.75, 3.05) is 32.6 Å². The molecule has 1 unspecified atom stereocenters. The molecule has 2 aromatic heterocycles. The number of hydrogen-bond acceptors (Lipinski definition) is 7. The standard InChI is InChI=1S/C36H32F3N7O3/c1-22-31(33(47)49-4)32(45-34(42-43-35(45)48)44(22)27-10-7-9-26(19-27)36(37,38)39)29-13-12-23(20-40)18-25(29)15-17-46(2,3)21-30-28-11-6-5-8-24(28)14-16-41-30/h5-14,16,18-19,32H,15,17,21H2,1-4H3/p+1. The summed E-state index contributed by atoms with van der Waals surface area (Å²) < 4.78 is 48.1. The van der Waals surface area contributed by atoms with Gasteiger partial charge in [-0.05, 0) is 59.8 Å². The number of aromatic amines is 1. The number of rotatable bonds is 8. The highest BCUT2D eigenvalue weighted by Crippen LogP contribution is 2.43. The average Bonchev–Trinajstić information content (AvgIpc) is 3.46. The van der Waals surface area contributed by atoms with Crippen LogP contribution in [0.2, 0.25) is 0 Å². The molecule has 3 heterocycles. The lowest BCUT2D eigenvalue weighted by atomic mass is 9.89. The number of alkyl halides is 3. The number of ether oxygens (including phenoxy) is 1. The van der Waals surface area contributed by atoms with Gasteiger partial charge in [0, 0.05) is 29.4 Å². The fraction of sp³-hybridized carbons (Fsp3) is 0.250. The molecular weight excluding hydrogens is 635 g/mol. The van der Waals surface area contributed by atoms with Gasteiger partial charge < -0.3 is 9.22 Å². The van der Waals surface area contributed by atoms with E-state index in [-0.39, 0.29) is 22.9 Å². The molecule has 250 valence electrons. The summed E-state index contributed by atoms with van der Waals surface area (Å²) >= 11 is 0. The second kappa shape index (κ2) is 12.7. The molecule has 0 fully saturated rings. The molecule has 1 atom stereocenters. The number of aromatic nitrogens is 4. The highest BCUT2D eigenvalue weighted by molar-refractivity contribution is 5.93. The van der Waals surface area contributed by atoms with Gasteiger partial charge in [-0.1, -0.05) is 36.4 Å². The summed E-state index contributed by atoms with van der Waals surface area (Å²) in [7, 11) is 5.35. The minimum absolute atomic E-state index is 0.00655. The number of carbonyl (C=O) groups is 1. The van der Waals surface area contributed by atoms with Gasteiger partial charge in [-0.25, -0.2) is 19.3 Å². The first kappa shape index (κ1) is 33.2. The van der Waals surface area contributed by atoms with Gasteiger partial charge in [0.25, 0.3) is 0 Å². The van der Waals surface area contributed by atoms with Crippen LogP contribution in [0.4, 0.5) is 24.8 Å². The number of fused-ring (bicyclic) bond motifs is 2. The summed E-state index contributed by atoms with van der Waals surface area (Å²) in [6.45, 7) is 2.78. The summed E-state index contributed by atoms with van der Waals surface area (Å²) in [5, 5.41) is 18.6. The van der Waals surface area contributed by atoms with Crippen molar-refractivity contribution in [3.05, 3.63) is 129 Å². The molecule has 0 radical (unpaired) electrons. The monoisotopic (exact) mass is 668 g/mol. The number of benzene rings is 3. The molecular formula is C36H33F3N7O3+. The minimum atomic E-state index is -4.63. The van der Waals surface area contributed by atoms with Crippen molar-refractivity contribution >= 4 is 28.4 Å². The number of halogens is 3. The number of anilines is 2. The Bertz CT molecular complexity index is 2210. The van der Waals surface area contributed by atoms with E-state index in [2.05, 4.69) is 35.3 Å². The Morgan fingerprint density at radius 1 is 1.08 bits per heavy atom. The second-order valence-corrected chi connectivity index (χ2v) is 12.5. The summed E-state index contributed by atoms with van der Waals surface area (Å²) in [6.07, 6.45) is -2.39. The molecule has 10 nitrogen and oxygen atoms in total. The number of nitrogens with one attached hydrogen (secondary N) is 1. The van der Waals surface area contributed by atoms with E-state index >= 15 is 0 Å². The van der Waals surface area contributed by atoms with Crippen molar-refractivity contribution in [1.82, 2.24) is 19.7 Å². The molecule has 1 N–H and O–H groups in total. The van der Waals surface area contributed by atoms with Crippen LogP contribution in [0.5, 0.6) is 0 Å². The lowest BCUT2D eigenvalue weighted by Gasteiger charge is -2.36. The van der Waals surface area contributed by atoms with Crippen molar-refractivity contribution in [3.63, 3.8) is 0 Å². The number of nitriles is 1. The lowest BCUT2D eigenvalue weighted by molar-refractivity contribution is -0.903. The van der Waals surface area contributed by atoms with Crippen molar-refractivity contribution < 1.29 is 27.2 Å². The molecule has 49 heavy (non-hydrogen) atoms. The van der Waals surface area contributed by atoms with E-state index in [1.54, 1.807) is 31.3 Å². The third-order valence-corrected chi connectivity index (χ3v) is 8.87. The SMILES string of the molecule is COC(=O)C1=C(C)N(c2cccc(C(F)(F)F)c2)c2n[nH]c(=O)n2C1c1ccc(C#N)cc1CC[N+](C)(C)Cc1nccc2ccccc12. The maximum absolute atomic E-state index is 13.7. The summed E-state index contributed by atoms with van der Waals surface area (Å²) in [5.74, 6) is -0.778. The van der Waals surface area contributed by atoms with Gasteiger partial charge in [-0.2, -0.15) is 18.4 Å². The lowest BCUT2D eigenvalue weighted by Crippen LogP contribution is -2.41. The van der Waals surface area contributed by atoms with Crippen LogP contribution in [0, 0.1) is 11.3 Å². The summed E-state index contributed by atoms with van der Waals surface area (Å²) in [6, 6.07) is 20.7. The first-order valence-corrected chi connectivity index (χ1v) is 15.4. The fourth-order valence-electron chi connectivity index (χ4n) is 6.45. The highest BCUT2D eigenvalue weighted by atomic mass is 19.4. The van der Waals surface area contributed by atoms with Crippen LogP contribution in [0.1, 0.15) is 40.9 Å². The maximum Gasteiger partial charge on any atom is 0.416 e. The zero-order chi connectivity index (χ0) is 35.1. The van der Waals surface area contributed by atoms with Crippen molar-refractivity contribution in [2.45, 2.75) is 32.1 Å². The van der Waals surface area contributed by atoms with Crippen molar-refractivity contribution in [1.29, 1.82) is 5.26 Å². The van der Waals surface area contributed by atoms with Gasteiger partial charge in [-0.3, -0.25) is 9.88 Å². The normalized spacial score (nSPS) is 14.9. The topological polar surface area (TPSA) is 117 Å². The van der Waals surface area contributed by atoms with Crippen LogP contribution in [0.3, 0.4) is 0 Å². The Hall–Kier alpha value is -5.74. The van der Waals surface area contributed by atoms with Crippen molar-refractivity contribution in [2.24, 2.45) is 0 Å². The maximum atomic E-state index is 13.7. The molecule has 0 saturated carbocycles. The highest BCUT2D eigenvalue weighted by Gasteiger charge is 2.41. The number of allylic oxidation sites excluding steroid dienone is 1. The number of hydrogen-bond donors (Lipinski definition) is 1. The molecule has 3 aromatic carbocycles. The van der Waals surface area contributed by atoms with Crippen molar-refractivity contribution in [3.8, 4) is 6.07 Å². The minimum Gasteiger partial charge on any atom is -0.466 e. The largest absolute Gasteiger partial charge is 0.466 e. The third-order valence-electron chi connectivity index (χ3n) is 8.87. The molecule has 6 rings (SSSR count). The first-order chi connectivity index (χ1) is 23.3. The number of esters is 1. The average molecular weight is 669 g/mol. The number of nitrogens with zero attached hydrogens (tertiary/aromatic N) is 6. The van der Waals surface area contributed by atoms with Crippen LogP contribution in [0.15, 0.2) is 95.1 Å². The number of quaternary nitrogens is 1. The predicted molar refractivity (Wildman–Crippen MR) is 177 cm³/mol. The van der Waals surface area contributed by atoms with E-state index in [0.717, 1.165) is 28.6 Å². The van der Waals surface area contributed by atoms with Crippen LogP contribution in [-0.4, -0.2) is 58.0 Å². The Morgan fingerprint density at radius 3 is 2.59 bits per heavy atom. The van der Waals surface area contributed by atoms with E-state index in [4.69, 9.17) is 4.74 Å². The second-order valence-electron chi connectivity index (χ2n) is 12.5. The number of pyridine rings is 1. The third kappa shape index (κ3) is 6.30. The summed E-state index contributed by atoms with van der Waals surface area (Å²) in [4.78, 5) is 33.0. The quantitative estimate of drug-likeness (QED) is 0.159. The number of H-pyrrole nitrogens is 1. The van der Waals surface area contributed by atoms with Gasteiger partial charge >= 0.3 is 17.8 Å². The zero-order valence-electron chi connectivity index (χ0n) is 27.2. The molecule has 0 aliphatic carbocycles. The number of methoxy groups -OCH3 is 1. The smallest absolute Gasteiger partial charge is 0.416 e. The fourth-order valence-corrected chi connectivity index (χ4v) is 6.45. The molecule has 1 aliphatic heterocycles. The molecule has 5 aromatic rings. The number of carbonyl (C=O) groups excluding carboxylic acids is 1. The Kier molecular flexibility index (Phi) is 8.60. The van der Waals surface area contributed by atoms with Crippen LogP contribution in [-0.2, 0) is 28.7 Å². The van der Waals surface area contributed by atoms with Gasteiger partial charge in [-0.15, -0.1) is 5.10 Å². The first-order valence-electron chi connectivity index (χ1n) is 15.4. The molecule has 0 saturated heterocycles. The van der Waals surface area contributed by atoms with Gasteiger partial charge in [0.05, 0.1) is 50.5 Å². The molecule has 0 spiro atoms. The Morgan fingerprint density at radius 2 is 1.86 bits per heavy atom. The van der Waals surface area contributed by atoms with Gasteiger partial charge in [0.1, 0.15) is 18.3 Å². The van der Waals surface area contributed by atoms with Gasteiger partial charge in [0.15, 0.2) is 0 Å². The van der Waals surface area contributed by atoms with E-state index in [0.29, 0.717) is 40.7 Å². The molecule has 1 aliphatic rings. The molecule has 0 bridgehead atoms. The molecule has 13 heteroatoms. The van der Waals surface area contributed by atoms with Crippen LogP contribution < -0.4 is 10.6 Å². The zero-order valence-corrected chi connectivity index (χ0v) is 27.2. The number of likely N-dealkylation sites (N-methyl/N-ethyl adjacent to an activating group) is 1. The predicted octanol–water partition coefficient (Wildman–Crippen LogP) is 6.02.